The van der Waals surface area contributed by atoms with Crippen LogP contribution in [0.4, 0.5) is 0 Å². The van der Waals surface area contributed by atoms with Gasteiger partial charge in [-0.15, -0.1) is 0 Å². The Balaban J connectivity index is 1.83. The van der Waals surface area contributed by atoms with Gasteiger partial charge < -0.3 is 10.0 Å². The summed E-state index contributed by atoms with van der Waals surface area (Å²) in [7, 11) is 0. The summed E-state index contributed by atoms with van der Waals surface area (Å²) in [5.74, 6) is 1.11. The molecule has 1 aromatic carbocycles. The summed E-state index contributed by atoms with van der Waals surface area (Å²) in [5, 5.41) is 10.5. The lowest BCUT2D eigenvalue weighted by Crippen LogP contribution is -2.40. The van der Waals surface area contributed by atoms with Crippen LogP contribution in [-0.4, -0.2) is 29.6 Å². The summed E-state index contributed by atoms with van der Waals surface area (Å²) in [6.07, 6.45) is 2.22. The summed E-state index contributed by atoms with van der Waals surface area (Å²) in [6, 6.07) is 10.0. The van der Waals surface area contributed by atoms with Crippen molar-refractivity contribution in [2.75, 3.05) is 19.6 Å². The number of likely N-dealkylation sites (tertiary alicyclic amines) is 1. The Morgan fingerprint density at radius 3 is 2.24 bits per heavy atom. The fourth-order valence-corrected chi connectivity index (χ4v) is 3.47. The third-order valence-corrected chi connectivity index (χ3v) is 5.04. The van der Waals surface area contributed by atoms with Gasteiger partial charge in [0, 0.05) is 6.54 Å². The minimum absolute atomic E-state index is 0.276. The summed E-state index contributed by atoms with van der Waals surface area (Å²) >= 11 is 0. The lowest BCUT2D eigenvalue weighted by Gasteiger charge is -2.40. The van der Waals surface area contributed by atoms with Crippen LogP contribution >= 0.6 is 0 Å². The quantitative estimate of drug-likeness (QED) is 0.901. The minimum Gasteiger partial charge on any atom is -0.388 e. The molecule has 1 N–H and O–H groups in total. The van der Waals surface area contributed by atoms with E-state index < -0.39 is 0 Å². The monoisotopic (exact) mass is 289 g/mol. The van der Waals surface area contributed by atoms with Crippen molar-refractivity contribution >= 4 is 0 Å². The molecule has 0 radical (unpaired) electrons. The lowest BCUT2D eigenvalue weighted by atomic mass is 9.75. The van der Waals surface area contributed by atoms with Gasteiger partial charge in [0.1, 0.15) is 0 Å². The molecule has 0 amide bonds. The van der Waals surface area contributed by atoms with Crippen LogP contribution in [0.1, 0.15) is 52.2 Å². The van der Waals surface area contributed by atoms with Crippen LogP contribution in [0.5, 0.6) is 0 Å². The normalized spacial score (nSPS) is 21.2. The standard InChI is InChI=1S/C19H31NO/c1-15(18(21)16-8-6-5-7-9-16)14-20-12-10-17(11-13-20)19(2,3)4/h5-9,15,17-18,21H,10-14H2,1-4H3. The molecule has 2 heteroatoms. The van der Waals surface area contributed by atoms with E-state index in [0.717, 1.165) is 18.0 Å². The Morgan fingerprint density at radius 1 is 1.14 bits per heavy atom. The minimum atomic E-state index is -0.355. The van der Waals surface area contributed by atoms with Crippen molar-refractivity contribution in [2.24, 2.45) is 17.3 Å². The number of benzene rings is 1. The zero-order chi connectivity index (χ0) is 15.5. The van der Waals surface area contributed by atoms with E-state index in [1.165, 1.54) is 25.9 Å². The highest BCUT2D eigenvalue weighted by Crippen LogP contribution is 2.34. The Kier molecular flexibility index (Phi) is 5.45. The number of aliphatic hydroxyl groups excluding tert-OH is 1. The van der Waals surface area contributed by atoms with Crippen LogP contribution in [0.15, 0.2) is 30.3 Å². The molecule has 1 fully saturated rings. The van der Waals surface area contributed by atoms with E-state index in [1.807, 2.05) is 30.3 Å². The molecule has 0 bridgehead atoms. The molecule has 0 saturated carbocycles. The Bertz CT molecular complexity index is 415. The molecule has 2 rings (SSSR count). The fraction of sp³-hybridized carbons (Fsp3) is 0.684. The van der Waals surface area contributed by atoms with Crippen LogP contribution in [0, 0.1) is 17.3 Å². The number of aliphatic hydroxyl groups is 1. The van der Waals surface area contributed by atoms with Gasteiger partial charge in [0.2, 0.25) is 0 Å². The zero-order valence-electron chi connectivity index (χ0n) is 14.0. The number of nitrogens with zero attached hydrogens (tertiary/aromatic N) is 1. The first kappa shape index (κ1) is 16.5. The number of hydrogen-bond donors (Lipinski definition) is 1. The Morgan fingerprint density at radius 2 is 1.71 bits per heavy atom. The Hall–Kier alpha value is -0.860. The van der Waals surface area contributed by atoms with E-state index in [2.05, 4.69) is 32.6 Å². The van der Waals surface area contributed by atoms with Crippen molar-refractivity contribution in [3.63, 3.8) is 0 Å². The second kappa shape index (κ2) is 6.93. The predicted octanol–water partition coefficient (Wildman–Crippen LogP) is 4.11. The van der Waals surface area contributed by atoms with Gasteiger partial charge in [-0.3, -0.25) is 0 Å². The molecule has 1 aliphatic heterocycles. The summed E-state index contributed by atoms with van der Waals surface area (Å²) < 4.78 is 0. The zero-order valence-corrected chi connectivity index (χ0v) is 14.0. The van der Waals surface area contributed by atoms with Crippen molar-refractivity contribution in [2.45, 2.75) is 46.6 Å². The van der Waals surface area contributed by atoms with Crippen molar-refractivity contribution in [3.8, 4) is 0 Å². The molecule has 1 saturated heterocycles. The number of rotatable bonds is 4. The van der Waals surface area contributed by atoms with Crippen molar-refractivity contribution in [1.82, 2.24) is 4.90 Å². The molecule has 1 heterocycles. The second-order valence-electron chi connectivity index (χ2n) is 7.77. The molecular formula is C19H31NO. The maximum Gasteiger partial charge on any atom is 0.0827 e. The summed E-state index contributed by atoms with van der Waals surface area (Å²) in [4.78, 5) is 2.53. The van der Waals surface area contributed by atoms with Crippen molar-refractivity contribution < 1.29 is 5.11 Å². The second-order valence-corrected chi connectivity index (χ2v) is 7.77. The molecule has 1 aliphatic rings. The molecular weight excluding hydrogens is 258 g/mol. The van der Waals surface area contributed by atoms with E-state index in [-0.39, 0.29) is 12.0 Å². The first-order valence-electron chi connectivity index (χ1n) is 8.33. The summed E-state index contributed by atoms with van der Waals surface area (Å²) in [6.45, 7) is 12.6. The third kappa shape index (κ3) is 4.55. The Labute approximate surface area is 130 Å². The van der Waals surface area contributed by atoms with Gasteiger partial charge in [-0.1, -0.05) is 58.0 Å². The molecule has 2 atom stereocenters. The highest BCUT2D eigenvalue weighted by Gasteiger charge is 2.29. The van der Waals surface area contributed by atoms with Gasteiger partial charge in [-0.2, -0.15) is 0 Å². The molecule has 2 unspecified atom stereocenters. The lowest BCUT2D eigenvalue weighted by molar-refractivity contribution is 0.0595. The van der Waals surface area contributed by atoms with Gasteiger partial charge in [-0.05, 0) is 48.7 Å². The van der Waals surface area contributed by atoms with Crippen LogP contribution in [0.2, 0.25) is 0 Å². The molecule has 118 valence electrons. The molecule has 0 spiro atoms. The average Bonchev–Trinajstić information content (AvgIpc) is 2.47. The maximum atomic E-state index is 10.5. The van der Waals surface area contributed by atoms with Gasteiger partial charge in [0.25, 0.3) is 0 Å². The largest absolute Gasteiger partial charge is 0.388 e. The maximum absolute atomic E-state index is 10.5. The topological polar surface area (TPSA) is 23.5 Å². The van der Waals surface area contributed by atoms with E-state index in [1.54, 1.807) is 0 Å². The van der Waals surface area contributed by atoms with E-state index in [4.69, 9.17) is 0 Å². The van der Waals surface area contributed by atoms with Crippen LogP contribution in [0.3, 0.4) is 0 Å². The summed E-state index contributed by atoms with van der Waals surface area (Å²) in [5.41, 5.74) is 1.47. The molecule has 21 heavy (non-hydrogen) atoms. The van der Waals surface area contributed by atoms with Gasteiger partial charge in [0.15, 0.2) is 0 Å². The molecule has 1 aromatic rings. The third-order valence-electron chi connectivity index (χ3n) is 5.04. The number of hydrogen-bond acceptors (Lipinski definition) is 2. The average molecular weight is 289 g/mol. The highest BCUT2D eigenvalue weighted by atomic mass is 16.3. The van der Waals surface area contributed by atoms with Gasteiger partial charge >= 0.3 is 0 Å². The van der Waals surface area contributed by atoms with Gasteiger partial charge in [-0.25, -0.2) is 0 Å². The van der Waals surface area contributed by atoms with Crippen LogP contribution in [0.25, 0.3) is 0 Å². The molecule has 2 nitrogen and oxygen atoms in total. The number of piperidine rings is 1. The van der Waals surface area contributed by atoms with E-state index in [0.29, 0.717) is 5.41 Å². The van der Waals surface area contributed by atoms with E-state index in [9.17, 15) is 5.11 Å². The van der Waals surface area contributed by atoms with Crippen LogP contribution in [-0.2, 0) is 0 Å². The predicted molar refractivity (Wildman–Crippen MR) is 89.2 cm³/mol. The van der Waals surface area contributed by atoms with Crippen LogP contribution < -0.4 is 0 Å². The SMILES string of the molecule is CC(CN1CCC(C(C)(C)C)CC1)C(O)c1ccccc1. The van der Waals surface area contributed by atoms with Gasteiger partial charge in [0.05, 0.1) is 6.10 Å². The first-order valence-corrected chi connectivity index (χ1v) is 8.33. The van der Waals surface area contributed by atoms with Crippen molar-refractivity contribution in [1.29, 1.82) is 0 Å². The highest BCUT2D eigenvalue weighted by molar-refractivity contribution is 5.17. The van der Waals surface area contributed by atoms with Crippen molar-refractivity contribution in [3.05, 3.63) is 35.9 Å². The molecule has 0 aliphatic carbocycles. The van der Waals surface area contributed by atoms with E-state index >= 15 is 0 Å². The first-order chi connectivity index (χ1) is 9.88. The smallest absolute Gasteiger partial charge is 0.0827 e. The fourth-order valence-electron chi connectivity index (χ4n) is 3.47. The molecule has 0 aromatic heterocycles.